The number of anilines is 1. The second kappa shape index (κ2) is 5.18. The van der Waals surface area contributed by atoms with E-state index in [4.69, 9.17) is 9.47 Å². The number of hydrogen-bond donors (Lipinski definition) is 3. The summed E-state index contributed by atoms with van der Waals surface area (Å²) in [6.07, 6.45) is -0.194. The van der Waals surface area contributed by atoms with E-state index in [0.29, 0.717) is 23.6 Å². The number of carbonyl (C=O) groups excluding carboxylic acids is 1. The molecule has 0 spiro atoms. The first-order chi connectivity index (χ1) is 9.67. The Labute approximate surface area is 115 Å². The van der Waals surface area contributed by atoms with Gasteiger partial charge in [0.05, 0.1) is 18.8 Å². The molecule has 2 aliphatic heterocycles. The number of nitrogens with one attached hydrogen (secondary N) is 1. The third-order valence-corrected chi connectivity index (χ3v) is 3.49. The Kier molecular flexibility index (Phi) is 3.37. The van der Waals surface area contributed by atoms with Crippen molar-refractivity contribution < 1.29 is 24.5 Å². The van der Waals surface area contributed by atoms with E-state index >= 15 is 0 Å². The number of rotatable bonds is 2. The molecule has 2 amide bonds. The molecule has 1 aromatic rings. The lowest BCUT2D eigenvalue weighted by molar-refractivity contribution is 0.164. The first kappa shape index (κ1) is 13.0. The molecule has 2 heterocycles. The molecular formula is C13H16N2O5. The highest BCUT2D eigenvalue weighted by atomic mass is 16.7. The van der Waals surface area contributed by atoms with Crippen molar-refractivity contribution in [2.45, 2.75) is 18.6 Å². The number of β-amino-alcohol motifs (C(OH)–C–C–N with tert-alkyl or cyclic N) is 1. The van der Waals surface area contributed by atoms with Gasteiger partial charge in [0.25, 0.3) is 0 Å². The van der Waals surface area contributed by atoms with Crippen LogP contribution in [0.1, 0.15) is 6.42 Å². The molecule has 1 aromatic carbocycles. The number of amides is 2. The summed E-state index contributed by atoms with van der Waals surface area (Å²) in [5.41, 5.74) is 0.581. The van der Waals surface area contributed by atoms with Crippen LogP contribution in [0.4, 0.5) is 10.5 Å². The van der Waals surface area contributed by atoms with Crippen LogP contribution in [-0.2, 0) is 0 Å². The molecule has 3 N–H and O–H groups in total. The maximum atomic E-state index is 12.2. The lowest BCUT2D eigenvalue weighted by atomic mass is 10.2. The number of aliphatic hydroxyl groups is 2. The Hall–Kier alpha value is -1.99. The number of benzene rings is 1. The van der Waals surface area contributed by atoms with E-state index in [1.165, 1.54) is 4.90 Å². The zero-order valence-corrected chi connectivity index (χ0v) is 10.8. The van der Waals surface area contributed by atoms with Crippen LogP contribution in [0.15, 0.2) is 18.2 Å². The summed E-state index contributed by atoms with van der Waals surface area (Å²) in [6.45, 7) is 0.241. The number of likely N-dealkylation sites (tertiary alicyclic amines) is 1. The molecular weight excluding hydrogens is 264 g/mol. The van der Waals surface area contributed by atoms with Crippen molar-refractivity contribution in [3.8, 4) is 11.5 Å². The van der Waals surface area contributed by atoms with Gasteiger partial charge in [0.15, 0.2) is 11.5 Å². The van der Waals surface area contributed by atoms with Crippen molar-refractivity contribution in [1.82, 2.24) is 4.90 Å². The van der Waals surface area contributed by atoms with Gasteiger partial charge in [0.2, 0.25) is 6.79 Å². The summed E-state index contributed by atoms with van der Waals surface area (Å²) in [5.74, 6) is 1.23. The zero-order chi connectivity index (χ0) is 14.1. The Bertz CT molecular complexity index is 521. The monoisotopic (exact) mass is 280 g/mol. The van der Waals surface area contributed by atoms with E-state index in [-0.39, 0.29) is 32.0 Å². The minimum absolute atomic E-state index is 0.161. The van der Waals surface area contributed by atoms with Gasteiger partial charge in [-0.1, -0.05) is 0 Å². The van der Waals surface area contributed by atoms with Gasteiger partial charge in [-0.05, 0) is 18.6 Å². The van der Waals surface area contributed by atoms with Gasteiger partial charge in [-0.25, -0.2) is 4.79 Å². The summed E-state index contributed by atoms with van der Waals surface area (Å²) in [7, 11) is 0. The number of ether oxygens (including phenoxy) is 2. The second-order valence-electron chi connectivity index (χ2n) is 4.88. The van der Waals surface area contributed by atoms with Crippen molar-refractivity contribution in [3.63, 3.8) is 0 Å². The van der Waals surface area contributed by atoms with Crippen LogP contribution >= 0.6 is 0 Å². The molecule has 108 valence electrons. The molecule has 1 saturated heterocycles. The summed E-state index contributed by atoms with van der Waals surface area (Å²) < 4.78 is 10.4. The van der Waals surface area contributed by atoms with Crippen molar-refractivity contribution in [1.29, 1.82) is 0 Å². The maximum absolute atomic E-state index is 12.2. The fraction of sp³-hybridized carbons (Fsp3) is 0.462. The molecule has 0 bridgehead atoms. The van der Waals surface area contributed by atoms with E-state index in [1.54, 1.807) is 18.2 Å². The first-order valence-electron chi connectivity index (χ1n) is 6.43. The van der Waals surface area contributed by atoms with Crippen LogP contribution in [0.3, 0.4) is 0 Å². The van der Waals surface area contributed by atoms with Gasteiger partial charge < -0.3 is 29.9 Å². The Morgan fingerprint density at radius 1 is 1.40 bits per heavy atom. The molecule has 7 nitrogen and oxygen atoms in total. The highest BCUT2D eigenvalue weighted by molar-refractivity contribution is 5.90. The van der Waals surface area contributed by atoms with E-state index in [0.717, 1.165) is 0 Å². The van der Waals surface area contributed by atoms with Gasteiger partial charge in [0, 0.05) is 18.3 Å². The molecule has 2 atom stereocenters. The fourth-order valence-electron chi connectivity index (χ4n) is 2.48. The molecule has 7 heteroatoms. The van der Waals surface area contributed by atoms with Crippen LogP contribution in [0.5, 0.6) is 11.5 Å². The molecule has 0 saturated carbocycles. The van der Waals surface area contributed by atoms with Crippen LogP contribution in [0.25, 0.3) is 0 Å². The van der Waals surface area contributed by atoms with E-state index in [9.17, 15) is 15.0 Å². The molecule has 20 heavy (non-hydrogen) atoms. The third-order valence-electron chi connectivity index (χ3n) is 3.49. The Morgan fingerprint density at radius 3 is 3.00 bits per heavy atom. The third kappa shape index (κ3) is 2.37. The van der Waals surface area contributed by atoms with Gasteiger partial charge >= 0.3 is 6.03 Å². The van der Waals surface area contributed by atoms with Crippen molar-refractivity contribution in [3.05, 3.63) is 18.2 Å². The topological polar surface area (TPSA) is 91.3 Å². The van der Waals surface area contributed by atoms with Gasteiger partial charge in [0.1, 0.15) is 0 Å². The van der Waals surface area contributed by atoms with Crippen molar-refractivity contribution in [2.75, 3.05) is 25.3 Å². The molecule has 0 radical (unpaired) electrons. The Morgan fingerprint density at radius 2 is 2.20 bits per heavy atom. The summed E-state index contributed by atoms with van der Waals surface area (Å²) in [4.78, 5) is 13.6. The quantitative estimate of drug-likeness (QED) is 0.728. The van der Waals surface area contributed by atoms with E-state index < -0.39 is 6.10 Å². The average Bonchev–Trinajstić information content (AvgIpc) is 3.03. The largest absolute Gasteiger partial charge is 0.454 e. The standard InChI is InChI=1S/C13H16N2O5/c16-6-9-4-10(17)5-15(9)13(18)14-8-1-2-11-12(3-8)20-7-19-11/h1-3,9-10,16-17H,4-7H2,(H,14,18)/t9-,10-/m0/s1. The summed E-state index contributed by atoms with van der Waals surface area (Å²) in [6, 6.07) is 4.42. The molecule has 3 rings (SSSR count). The van der Waals surface area contributed by atoms with E-state index in [2.05, 4.69) is 5.32 Å². The fourth-order valence-corrected chi connectivity index (χ4v) is 2.48. The van der Waals surface area contributed by atoms with Crippen molar-refractivity contribution >= 4 is 11.7 Å². The predicted molar refractivity (Wildman–Crippen MR) is 69.8 cm³/mol. The molecule has 0 unspecified atom stereocenters. The minimum Gasteiger partial charge on any atom is -0.454 e. The lowest BCUT2D eigenvalue weighted by Crippen LogP contribution is -2.40. The minimum atomic E-state index is -0.588. The summed E-state index contributed by atoms with van der Waals surface area (Å²) in [5, 5.41) is 21.5. The zero-order valence-electron chi connectivity index (χ0n) is 10.8. The number of fused-ring (bicyclic) bond motifs is 1. The second-order valence-corrected chi connectivity index (χ2v) is 4.88. The SMILES string of the molecule is O=C(Nc1ccc2c(c1)OCO2)N1C[C@@H](O)C[C@H]1CO. The smallest absolute Gasteiger partial charge is 0.322 e. The molecule has 2 aliphatic rings. The van der Waals surface area contributed by atoms with Crippen LogP contribution < -0.4 is 14.8 Å². The normalized spacial score (nSPS) is 24.0. The highest BCUT2D eigenvalue weighted by Crippen LogP contribution is 2.34. The van der Waals surface area contributed by atoms with Gasteiger partial charge in [-0.3, -0.25) is 0 Å². The average molecular weight is 280 g/mol. The molecule has 0 aliphatic carbocycles. The number of nitrogens with zero attached hydrogens (tertiary/aromatic N) is 1. The van der Waals surface area contributed by atoms with Crippen molar-refractivity contribution in [2.24, 2.45) is 0 Å². The number of carbonyl (C=O) groups is 1. The van der Waals surface area contributed by atoms with Crippen LogP contribution in [-0.4, -0.2) is 53.2 Å². The van der Waals surface area contributed by atoms with Crippen LogP contribution in [0, 0.1) is 0 Å². The highest BCUT2D eigenvalue weighted by Gasteiger charge is 2.33. The number of hydrogen-bond acceptors (Lipinski definition) is 5. The van der Waals surface area contributed by atoms with Gasteiger partial charge in [-0.15, -0.1) is 0 Å². The number of aliphatic hydroxyl groups excluding tert-OH is 2. The lowest BCUT2D eigenvalue weighted by Gasteiger charge is -2.23. The predicted octanol–water partition coefficient (Wildman–Crippen LogP) is 0.375. The summed E-state index contributed by atoms with van der Waals surface area (Å²) >= 11 is 0. The van der Waals surface area contributed by atoms with Crippen LogP contribution in [0.2, 0.25) is 0 Å². The number of urea groups is 1. The Balaban J connectivity index is 1.69. The first-order valence-corrected chi connectivity index (χ1v) is 6.43. The van der Waals surface area contributed by atoms with E-state index in [1.807, 2.05) is 0 Å². The molecule has 0 aromatic heterocycles. The maximum Gasteiger partial charge on any atom is 0.322 e. The molecule has 1 fully saturated rings. The van der Waals surface area contributed by atoms with Gasteiger partial charge in [-0.2, -0.15) is 0 Å².